The summed E-state index contributed by atoms with van der Waals surface area (Å²) in [6, 6.07) is 15.5. The number of hydrogen-bond donors (Lipinski definition) is 1. The Morgan fingerprint density at radius 2 is 1.96 bits per heavy atom. The van der Waals surface area contributed by atoms with Crippen LogP contribution in [0.4, 0.5) is 5.69 Å². The van der Waals surface area contributed by atoms with Gasteiger partial charge in [-0.15, -0.1) is 0 Å². The molecule has 1 fully saturated rings. The number of hydrogen-bond acceptors (Lipinski definition) is 4. The molecular formula is C22H21NO4. The molecule has 0 saturated heterocycles. The SMILES string of the molecule is CCOC(=O)c1oc2ccc(NC(=O)[C@H]3C[C@H]3c3ccccc3)cc2c1C. The molecule has 0 aliphatic heterocycles. The Kier molecular flexibility index (Phi) is 4.44. The predicted molar refractivity (Wildman–Crippen MR) is 103 cm³/mol. The van der Waals surface area contributed by atoms with Crippen molar-refractivity contribution >= 4 is 28.5 Å². The fourth-order valence-electron chi connectivity index (χ4n) is 3.48. The fraction of sp³-hybridized carbons (Fsp3) is 0.273. The molecule has 2 aromatic carbocycles. The van der Waals surface area contributed by atoms with Crippen LogP contribution in [0.3, 0.4) is 0 Å². The van der Waals surface area contributed by atoms with Crippen LogP contribution in [0.25, 0.3) is 11.0 Å². The number of esters is 1. The number of fused-ring (bicyclic) bond motifs is 1. The third-order valence-electron chi connectivity index (χ3n) is 5.02. The number of carbonyl (C=O) groups is 2. The summed E-state index contributed by atoms with van der Waals surface area (Å²) in [4.78, 5) is 24.5. The van der Waals surface area contributed by atoms with Gasteiger partial charge < -0.3 is 14.5 Å². The molecule has 0 unspecified atom stereocenters. The van der Waals surface area contributed by atoms with Crippen molar-refractivity contribution in [1.82, 2.24) is 0 Å². The number of amides is 1. The van der Waals surface area contributed by atoms with E-state index >= 15 is 0 Å². The molecule has 0 spiro atoms. The van der Waals surface area contributed by atoms with Crippen LogP contribution in [-0.2, 0) is 9.53 Å². The second kappa shape index (κ2) is 6.91. The number of nitrogens with one attached hydrogen (secondary N) is 1. The van der Waals surface area contributed by atoms with Crippen LogP contribution in [0.1, 0.15) is 40.9 Å². The summed E-state index contributed by atoms with van der Waals surface area (Å²) >= 11 is 0. The van der Waals surface area contributed by atoms with Crippen LogP contribution in [0.2, 0.25) is 0 Å². The highest BCUT2D eigenvalue weighted by atomic mass is 16.5. The number of aryl methyl sites for hydroxylation is 1. The van der Waals surface area contributed by atoms with Crippen molar-refractivity contribution in [2.45, 2.75) is 26.2 Å². The maximum absolute atomic E-state index is 12.6. The van der Waals surface area contributed by atoms with Crippen LogP contribution in [0.15, 0.2) is 52.9 Å². The van der Waals surface area contributed by atoms with Gasteiger partial charge in [0.15, 0.2) is 0 Å². The van der Waals surface area contributed by atoms with E-state index in [-0.39, 0.29) is 17.6 Å². The summed E-state index contributed by atoms with van der Waals surface area (Å²) < 4.78 is 10.6. The lowest BCUT2D eigenvalue weighted by atomic mass is 10.1. The molecule has 4 rings (SSSR count). The molecule has 5 nitrogen and oxygen atoms in total. The Hall–Kier alpha value is -3.08. The summed E-state index contributed by atoms with van der Waals surface area (Å²) in [5, 5.41) is 3.79. The molecule has 1 N–H and O–H groups in total. The minimum absolute atomic E-state index is 0.00337. The maximum atomic E-state index is 12.6. The average molecular weight is 363 g/mol. The highest BCUT2D eigenvalue weighted by Gasteiger charge is 2.43. The van der Waals surface area contributed by atoms with Crippen LogP contribution < -0.4 is 5.32 Å². The van der Waals surface area contributed by atoms with Gasteiger partial charge in [-0.05, 0) is 49.9 Å². The van der Waals surface area contributed by atoms with Crippen LogP contribution in [0, 0.1) is 12.8 Å². The highest BCUT2D eigenvalue weighted by molar-refractivity contribution is 6.00. The van der Waals surface area contributed by atoms with Crippen LogP contribution in [-0.4, -0.2) is 18.5 Å². The Bertz CT molecular complexity index is 1010. The van der Waals surface area contributed by atoms with E-state index in [4.69, 9.17) is 9.15 Å². The van der Waals surface area contributed by atoms with Crippen molar-refractivity contribution in [3.63, 3.8) is 0 Å². The largest absolute Gasteiger partial charge is 0.460 e. The van der Waals surface area contributed by atoms with E-state index in [2.05, 4.69) is 17.4 Å². The van der Waals surface area contributed by atoms with Gasteiger partial charge in [-0.25, -0.2) is 4.79 Å². The summed E-state index contributed by atoms with van der Waals surface area (Å²) in [5.74, 6) is 0.0572. The molecule has 3 aromatic rings. The molecule has 1 aliphatic rings. The van der Waals surface area contributed by atoms with E-state index in [1.807, 2.05) is 31.2 Å². The molecule has 27 heavy (non-hydrogen) atoms. The Labute approximate surface area is 157 Å². The number of anilines is 1. The first-order valence-corrected chi connectivity index (χ1v) is 9.14. The highest BCUT2D eigenvalue weighted by Crippen LogP contribution is 2.48. The molecule has 1 heterocycles. The molecule has 0 bridgehead atoms. The normalized spacial score (nSPS) is 18.3. The van der Waals surface area contributed by atoms with E-state index < -0.39 is 5.97 Å². The van der Waals surface area contributed by atoms with Gasteiger partial charge in [0.1, 0.15) is 5.58 Å². The molecule has 138 valence electrons. The molecule has 0 radical (unpaired) electrons. The van der Waals surface area contributed by atoms with Crippen LogP contribution in [0.5, 0.6) is 0 Å². The second-order valence-electron chi connectivity index (χ2n) is 6.84. The van der Waals surface area contributed by atoms with E-state index in [0.29, 0.717) is 29.4 Å². The van der Waals surface area contributed by atoms with Gasteiger partial charge in [-0.3, -0.25) is 4.79 Å². The predicted octanol–water partition coefficient (Wildman–Crippen LogP) is 4.66. The van der Waals surface area contributed by atoms with Crippen molar-refractivity contribution in [3.05, 3.63) is 65.4 Å². The molecule has 1 amide bonds. The molecule has 1 saturated carbocycles. The first-order chi connectivity index (χ1) is 13.1. The lowest BCUT2D eigenvalue weighted by Crippen LogP contribution is -2.14. The monoisotopic (exact) mass is 363 g/mol. The van der Waals surface area contributed by atoms with Gasteiger partial charge in [-0.1, -0.05) is 30.3 Å². The van der Waals surface area contributed by atoms with Gasteiger partial charge >= 0.3 is 5.97 Å². The van der Waals surface area contributed by atoms with Crippen molar-refractivity contribution < 1.29 is 18.7 Å². The first kappa shape index (κ1) is 17.3. The van der Waals surface area contributed by atoms with Gasteiger partial charge in [0.2, 0.25) is 11.7 Å². The number of furan rings is 1. The smallest absolute Gasteiger partial charge is 0.374 e. The minimum Gasteiger partial charge on any atom is -0.460 e. The standard InChI is InChI=1S/C22H21NO4/c1-3-26-22(25)20-13(2)16-11-15(9-10-19(16)27-20)23-21(24)18-12-17(18)14-7-5-4-6-8-14/h4-11,17-18H,3,12H2,1-2H3,(H,23,24)/t17-,18-/m0/s1. The minimum atomic E-state index is -0.472. The Morgan fingerprint density at radius 1 is 1.19 bits per heavy atom. The summed E-state index contributed by atoms with van der Waals surface area (Å²) in [6.45, 7) is 3.86. The molecule has 1 aliphatic carbocycles. The third-order valence-corrected chi connectivity index (χ3v) is 5.02. The molecule has 5 heteroatoms. The van der Waals surface area contributed by atoms with Crippen molar-refractivity contribution in [2.75, 3.05) is 11.9 Å². The summed E-state index contributed by atoms with van der Waals surface area (Å²) in [5.41, 5.74) is 3.22. The molecule has 1 aromatic heterocycles. The Balaban J connectivity index is 1.50. The first-order valence-electron chi connectivity index (χ1n) is 9.14. The number of rotatable bonds is 5. The van der Waals surface area contributed by atoms with Gasteiger partial charge in [-0.2, -0.15) is 0 Å². The van der Waals surface area contributed by atoms with E-state index in [0.717, 1.165) is 11.8 Å². The van der Waals surface area contributed by atoms with Crippen molar-refractivity contribution in [3.8, 4) is 0 Å². The maximum Gasteiger partial charge on any atom is 0.374 e. The van der Waals surface area contributed by atoms with Crippen LogP contribution >= 0.6 is 0 Å². The van der Waals surface area contributed by atoms with E-state index in [1.165, 1.54) is 5.56 Å². The zero-order valence-corrected chi connectivity index (χ0v) is 15.3. The zero-order chi connectivity index (χ0) is 19.0. The fourth-order valence-corrected chi connectivity index (χ4v) is 3.48. The van der Waals surface area contributed by atoms with Gasteiger partial charge in [0.25, 0.3) is 0 Å². The lowest BCUT2D eigenvalue weighted by molar-refractivity contribution is -0.117. The number of carbonyl (C=O) groups excluding carboxylic acids is 2. The number of ether oxygens (including phenoxy) is 1. The molecule has 2 atom stereocenters. The summed E-state index contributed by atoms with van der Waals surface area (Å²) in [6.07, 6.45) is 0.871. The summed E-state index contributed by atoms with van der Waals surface area (Å²) in [7, 11) is 0. The average Bonchev–Trinajstić information content (AvgIpc) is 3.42. The van der Waals surface area contributed by atoms with E-state index in [9.17, 15) is 9.59 Å². The van der Waals surface area contributed by atoms with E-state index in [1.54, 1.807) is 19.1 Å². The quantitative estimate of drug-likeness (QED) is 0.670. The van der Waals surface area contributed by atoms with Crippen molar-refractivity contribution in [2.24, 2.45) is 5.92 Å². The number of benzene rings is 2. The third kappa shape index (κ3) is 3.33. The second-order valence-corrected chi connectivity index (χ2v) is 6.84. The zero-order valence-electron chi connectivity index (χ0n) is 15.3. The van der Waals surface area contributed by atoms with Gasteiger partial charge in [0, 0.05) is 22.6 Å². The van der Waals surface area contributed by atoms with Crippen molar-refractivity contribution in [1.29, 1.82) is 0 Å². The topological polar surface area (TPSA) is 68.5 Å². The van der Waals surface area contributed by atoms with Gasteiger partial charge in [0.05, 0.1) is 6.61 Å². The molecular weight excluding hydrogens is 342 g/mol. The Morgan fingerprint density at radius 3 is 2.70 bits per heavy atom. The lowest BCUT2D eigenvalue weighted by Gasteiger charge is -2.05.